The second-order valence-corrected chi connectivity index (χ2v) is 4.51. The number of methoxy groups -OCH3 is 1. The monoisotopic (exact) mass is 249 g/mol. The molecule has 1 atom stereocenters. The fourth-order valence-electron chi connectivity index (χ4n) is 2.17. The number of nitrogens with zero attached hydrogens (tertiary/aromatic N) is 2. The molecule has 0 aromatic carbocycles. The van der Waals surface area contributed by atoms with Gasteiger partial charge in [-0.2, -0.15) is 0 Å². The van der Waals surface area contributed by atoms with Crippen LogP contribution in [0.1, 0.15) is 22.5 Å². The predicted octanol–water partition coefficient (Wildman–Crippen LogP) is 0.662. The third-order valence-corrected chi connectivity index (χ3v) is 3.25. The zero-order valence-electron chi connectivity index (χ0n) is 10.8. The molecule has 5 heteroatoms. The largest absolute Gasteiger partial charge is 0.380 e. The highest BCUT2D eigenvalue weighted by atomic mass is 16.5. The van der Waals surface area contributed by atoms with Gasteiger partial charge in [-0.1, -0.05) is 6.07 Å². The summed E-state index contributed by atoms with van der Waals surface area (Å²) >= 11 is 0. The zero-order valence-corrected chi connectivity index (χ0v) is 10.8. The van der Waals surface area contributed by atoms with E-state index in [9.17, 15) is 4.79 Å². The number of amides is 1. The lowest BCUT2D eigenvalue weighted by atomic mass is 10.2. The molecule has 1 saturated heterocycles. The van der Waals surface area contributed by atoms with Crippen LogP contribution in [-0.2, 0) is 11.3 Å². The number of rotatable bonds is 4. The maximum absolute atomic E-state index is 11.4. The number of nitrogens with one attached hydrogen (secondary N) is 1. The number of hydrogen-bond donors (Lipinski definition) is 1. The molecule has 1 aromatic rings. The number of carbonyl (C=O) groups excluding carboxylic acids is 1. The Morgan fingerprint density at radius 1 is 1.61 bits per heavy atom. The molecule has 1 aliphatic heterocycles. The molecule has 2 heterocycles. The maximum atomic E-state index is 11.4. The Labute approximate surface area is 107 Å². The van der Waals surface area contributed by atoms with Crippen molar-refractivity contribution in [3.05, 3.63) is 29.6 Å². The van der Waals surface area contributed by atoms with Gasteiger partial charge in [-0.25, -0.2) is 0 Å². The Morgan fingerprint density at radius 2 is 2.44 bits per heavy atom. The molecule has 18 heavy (non-hydrogen) atoms. The van der Waals surface area contributed by atoms with Crippen LogP contribution in [0.4, 0.5) is 0 Å². The van der Waals surface area contributed by atoms with Gasteiger partial charge < -0.3 is 10.1 Å². The van der Waals surface area contributed by atoms with Crippen molar-refractivity contribution in [3.8, 4) is 0 Å². The lowest BCUT2D eigenvalue weighted by molar-refractivity contribution is 0.0958. The third kappa shape index (κ3) is 3.05. The number of carbonyl (C=O) groups is 1. The highest BCUT2D eigenvalue weighted by Crippen LogP contribution is 2.15. The van der Waals surface area contributed by atoms with Gasteiger partial charge in [0.25, 0.3) is 5.91 Å². The van der Waals surface area contributed by atoms with E-state index < -0.39 is 0 Å². The van der Waals surface area contributed by atoms with Crippen molar-refractivity contribution in [2.45, 2.75) is 19.1 Å². The first-order valence-electron chi connectivity index (χ1n) is 6.15. The van der Waals surface area contributed by atoms with E-state index in [1.54, 1.807) is 26.4 Å². The molecule has 0 radical (unpaired) electrons. The lowest BCUT2D eigenvalue weighted by Crippen LogP contribution is -2.23. The minimum absolute atomic E-state index is 0.151. The van der Waals surface area contributed by atoms with Crippen molar-refractivity contribution in [1.29, 1.82) is 0 Å². The number of ether oxygens (including phenoxy) is 1. The van der Waals surface area contributed by atoms with Crippen LogP contribution in [0.25, 0.3) is 0 Å². The summed E-state index contributed by atoms with van der Waals surface area (Å²) in [7, 11) is 3.36. The summed E-state index contributed by atoms with van der Waals surface area (Å²) in [5.41, 5.74) is 1.58. The maximum Gasteiger partial charge on any atom is 0.269 e. The van der Waals surface area contributed by atoms with Crippen molar-refractivity contribution < 1.29 is 9.53 Å². The van der Waals surface area contributed by atoms with Gasteiger partial charge in [-0.15, -0.1) is 0 Å². The molecular formula is C13H19N3O2. The minimum Gasteiger partial charge on any atom is -0.380 e. The zero-order chi connectivity index (χ0) is 13.0. The second-order valence-electron chi connectivity index (χ2n) is 4.51. The molecule has 0 saturated carbocycles. The van der Waals surface area contributed by atoms with Crippen LogP contribution in [0.15, 0.2) is 18.3 Å². The van der Waals surface area contributed by atoms with Crippen LogP contribution in [0.3, 0.4) is 0 Å². The first-order chi connectivity index (χ1) is 8.72. The van der Waals surface area contributed by atoms with E-state index in [2.05, 4.69) is 15.2 Å². The lowest BCUT2D eigenvalue weighted by Gasteiger charge is -2.15. The normalized spacial score (nSPS) is 20.0. The van der Waals surface area contributed by atoms with Crippen molar-refractivity contribution in [1.82, 2.24) is 15.2 Å². The molecule has 1 N–H and O–H groups in total. The van der Waals surface area contributed by atoms with Crippen molar-refractivity contribution in [2.75, 3.05) is 27.2 Å². The first kappa shape index (κ1) is 13.0. The topological polar surface area (TPSA) is 54.5 Å². The van der Waals surface area contributed by atoms with E-state index in [0.29, 0.717) is 11.8 Å². The summed E-state index contributed by atoms with van der Waals surface area (Å²) in [6, 6.07) is 3.72. The van der Waals surface area contributed by atoms with Crippen LogP contribution in [0.5, 0.6) is 0 Å². The standard InChI is InChI=1S/C13H19N3O2/c1-14-13(17)12-4-3-10(7-15-12)8-16-6-5-11(9-16)18-2/h3-4,7,11H,5-6,8-9H2,1-2H3,(H,14,17)/t11-/m0/s1. The molecule has 98 valence electrons. The average Bonchev–Trinajstić information content (AvgIpc) is 2.86. The summed E-state index contributed by atoms with van der Waals surface area (Å²) < 4.78 is 5.33. The van der Waals surface area contributed by atoms with Crippen molar-refractivity contribution in [3.63, 3.8) is 0 Å². The Morgan fingerprint density at radius 3 is 3.00 bits per heavy atom. The Bertz CT molecular complexity index is 405. The summed E-state index contributed by atoms with van der Waals surface area (Å²) in [6.45, 7) is 2.88. The smallest absolute Gasteiger partial charge is 0.269 e. The molecule has 1 aliphatic rings. The Balaban J connectivity index is 1.92. The molecule has 0 aliphatic carbocycles. The molecule has 2 rings (SSSR count). The van der Waals surface area contributed by atoms with Crippen LogP contribution in [-0.4, -0.2) is 49.1 Å². The van der Waals surface area contributed by atoms with E-state index in [1.807, 2.05) is 6.07 Å². The predicted molar refractivity (Wildman–Crippen MR) is 68.3 cm³/mol. The third-order valence-electron chi connectivity index (χ3n) is 3.25. The first-order valence-corrected chi connectivity index (χ1v) is 6.15. The summed E-state index contributed by atoms with van der Waals surface area (Å²) in [5, 5.41) is 2.56. The van der Waals surface area contributed by atoms with E-state index in [-0.39, 0.29) is 5.91 Å². The average molecular weight is 249 g/mol. The van der Waals surface area contributed by atoms with E-state index in [0.717, 1.165) is 31.6 Å². The number of pyridine rings is 1. The second kappa shape index (κ2) is 5.93. The molecule has 5 nitrogen and oxygen atoms in total. The molecule has 1 amide bonds. The van der Waals surface area contributed by atoms with Crippen LogP contribution in [0.2, 0.25) is 0 Å². The van der Waals surface area contributed by atoms with Crippen molar-refractivity contribution in [2.24, 2.45) is 0 Å². The fourth-order valence-corrected chi connectivity index (χ4v) is 2.17. The van der Waals surface area contributed by atoms with Gasteiger partial charge in [-0.3, -0.25) is 14.7 Å². The Kier molecular flexibility index (Phi) is 4.28. The molecule has 0 unspecified atom stereocenters. The highest BCUT2D eigenvalue weighted by Gasteiger charge is 2.21. The summed E-state index contributed by atoms with van der Waals surface area (Å²) in [6.07, 6.45) is 3.20. The van der Waals surface area contributed by atoms with E-state index in [4.69, 9.17) is 4.74 Å². The van der Waals surface area contributed by atoms with Crippen molar-refractivity contribution >= 4 is 5.91 Å². The van der Waals surface area contributed by atoms with Gasteiger partial charge in [0.2, 0.25) is 0 Å². The van der Waals surface area contributed by atoms with Crippen LogP contribution in [0, 0.1) is 0 Å². The van der Waals surface area contributed by atoms with Gasteiger partial charge in [0.15, 0.2) is 0 Å². The Hall–Kier alpha value is -1.46. The summed E-state index contributed by atoms with van der Waals surface area (Å²) in [4.78, 5) is 17.8. The van der Waals surface area contributed by atoms with Gasteiger partial charge in [0, 0.05) is 40.0 Å². The van der Waals surface area contributed by atoms with Gasteiger partial charge in [0.05, 0.1) is 6.10 Å². The van der Waals surface area contributed by atoms with Gasteiger partial charge in [-0.05, 0) is 18.1 Å². The quantitative estimate of drug-likeness (QED) is 0.852. The number of likely N-dealkylation sites (tertiary alicyclic amines) is 1. The minimum atomic E-state index is -0.151. The molecule has 1 fully saturated rings. The SMILES string of the molecule is CNC(=O)c1ccc(CN2CC[C@H](OC)C2)cn1. The number of hydrogen-bond acceptors (Lipinski definition) is 4. The molecule has 0 bridgehead atoms. The molecule has 0 spiro atoms. The van der Waals surface area contributed by atoms with E-state index >= 15 is 0 Å². The molecular weight excluding hydrogens is 230 g/mol. The highest BCUT2D eigenvalue weighted by molar-refractivity contribution is 5.91. The summed E-state index contributed by atoms with van der Waals surface area (Å²) in [5.74, 6) is -0.151. The van der Waals surface area contributed by atoms with Gasteiger partial charge in [0.1, 0.15) is 5.69 Å². The van der Waals surface area contributed by atoms with Gasteiger partial charge >= 0.3 is 0 Å². The van der Waals surface area contributed by atoms with Crippen LogP contribution >= 0.6 is 0 Å². The number of aromatic nitrogens is 1. The van der Waals surface area contributed by atoms with Crippen LogP contribution < -0.4 is 5.32 Å². The fraction of sp³-hybridized carbons (Fsp3) is 0.538. The molecule has 1 aromatic heterocycles. The van der Waals surface area contributed by atoms with E-state index in [1.165, 1.54) is 0 Å².